The van der Waals surface area contributed by atoms with Crippen molar-refractivity contribution in [3.63, 3.8) is 0 Å². The van der Waals surface area contributed by atoms with E-state index in [0.717, 1.165) is 25.3 Å². The lowest BCUT2D eigenvalue weighted by atomic mass is 9.84. The Morgan fingerprint density at radius 2 is 1.80 bits per heavy atom. The fraction of sp³-hybridized carbons (Fsp3) is 0.318. The van der Waals surface area contributed by atoms with Crippen molar-refractivity contribution >= 4 is 16.8 Å². The predicted octanol–water partition coefficient (Wildman–Crippen LogP) is 4.49. The Bertz CT molecular complexity index is 996. The van der Waals surface area contributed by atoms with Gasteiger partial charge in [0, 0.05) is 23.1 Å². The van der Waals surface area contributed by atoms with Gasteiger partial charge in [-0.25, -0.2) is 17.6 Å². The molecule has 0 radical (unpaired) electrons. The number of nitrogens with one attached hydrogen (secondary N) is 2. The summed E-state index contributed by atoms with van der Waals surface area (Å²) in [7, 11) is 0. The largest absolute Gasteiger partial charge is 0.394 e. The number of carbonyl (C=O) groups excluding carboxylic acids is 1. The summed E-state index contributed by atoms with van der Waals surface area (Å²) in [6.07, 6.45) is 2.88. The van der Waals surface area contributed by atoms with Crippen molar-refractivity contribution in [3.8, 4) is 11.3 Å². The molecule has 8 heteroatoms. The first-order valence-electron chi connectivity index (χ1n) is 9.62. The normalized spacial score (nSPS) is 14.6. The molecule has 3 aromatic rings. The van der Waals surface area contributed by atoms with Crippen LogP contribution in [0.3, 0.4) is 0 Å². The summed E-state index contributed by atoms with van der Waals surface area (Å²) in [6, 6.07) is 8.79. The number of fused-ring (bicyclic) bond motifs is 1. The fourth-order valence-corrected chi connectivity index (χ4v) is 3.07. The third kappa shape index (κ3) is 5.18. The van der Waals surface area contributed by atoms with Crippen LogP contribution in [-0.2, 0) is 4.79 Å². The molecule has 1 aliphatic carbocycles. The number of rotatable bonds is 5. The van der Waals surface area contributed by atoms with E-state index in [1.165, 1.54) is 18.2 Å². The van der Waals surface area contributed by atoms with E-state index in [0.29, 0.717) is 16.6 Å². The van der Waals surface area contributed by atoms with Gasteiger partial charge in [0.15, 0.2) is 0 Å². The lowest BCUT2D eigenvalue weighted by molar-refractivity contribution is -0.128. The van der Waals surface area contributed by atoms with Crippen molar-refractivity contribution in [2.75, 3.05) is 13.3 Å². The Morgan fingerprint density at radius 1 is 1.10 bits per heavy atom. The molecule has 1 unspecified atom stereocenters. The van der Waals surface area contributed by atoms with Gasteiger partial charge in [-0.2, -0.15) is 0 Å². The summed E-state index contributed by atoms with van der Waals surface area (Å²) in [5.74, 6) is -1.65. The van der Waals surface area contributed by atoms with Crippen LogP contribution in [0.15, 0.2) is 42.5 Å². The van der Waals surface area contributed by atoms with Gasteiger partial charge in [0.1, 0.15) is 24.1 Å². The molecule has 0 bridgehead atoms. The molecule has 4 nitrogen and oxygen atoms in total. The van der Waals surface area contributed by atoms with Gasteiger partial charge in [-0.15, -0.1) is 0 Å². The maximum absolute atomic E-state index is 13.5. The number of aliphatic hydroxyl groups is 1. The third-order valence-corrected chi connectivity index (χ3v) is 5.03. The van der Waals surface area contributed by atoms with Crippen LogP contribution in [-0.4, -0.2) is 35.3 Å². The molecule has 1 aromatic heterocycles. The third-order valence-electron chi connectivity index (χ3n) is 5.03. The maximum atomic E-state index is 13.5. The minimum absolute atomic E-state index is 0.0607. The zero-order valence-corrected chi connectivity index (χ0v) is 16.1. The smallest absolute Gasteiger partial charge is 0.223 e. The SMILES string of the molecule is Fc1ccc(-c2cc3cc(F)cc(F)c3[nH]2)cc1.O=C(NC(CO)CF)C1CCC1. The van der Waals surface area contributed by atoms with E-state index in [2.05, 4.69) is 10.3 Å². The highest BCUT2D eigenvalue weighted by Crippen LogP contribution is 2.27. The Morgan fingerprint density at radius 3 is 2.37 bits per heavy atom. The van der Waals surface area contributed by atoms with Gasteiger partial charge in [0.05, 0.1) is 18.2 Å². The highest BCUT2D eigenvalue weighted by molar-refractivity contribution is 5.86. The molecule has 30 heavy (non-hydrogen) atoms. The van der Waals surface area contributed by atoms with Crippen molar-refractivity contribution in [2.45, 2.75) is 25.3 Å². The number of aromatic nitrogens is 1. The monoisotopic (exact) mass is 422 g/mol. The molecule has 2 aromatic carbocycles. The molecule has 0 saturated heterocycles. The maximum Gasteiger partial charge on any atom is 0.223 e. The molecule has 160 valence electrons. The summed E-state index contributed by atoms with van der Waals surface area (Å²) in [5.41, 5.74) is 1.58. The molecule has 0 spiro atoms. The van der Waals surface area contributed by atoms with Gasteiger partial charge in [-0.1, -0.05) is 6.42 Å². The van der Waals surface area contributed by atoms with Crippen LogP contribution < -0.4 is 5.32 Å². The first kappa shape index (κ1) is 21.8. The van der Waals surface area contributed by atoms with Crippen LogP contribution in [0.25, 0.3) is 22.2 Å². The van der Waals surface area contributed by atoms with Gasteiger partial charge >= 0.3 is 0 Å². The van der Waals surface area contributed by atoms with Gasteiger partial charge in [-0.05, 0) is 54.8 Å². The Balaban J connectivity index is 0.000000187. The summed E-state index contributed by atoms with van der Waals surface area (Å²) in [4.78, 5) is 14.0. The number of alkyl halides is 1. The number of hydrogen-bond donors (Lipinski definition) is 3. The molecule has 1 heterocycles. The average Bonchev–Trinajstić information content (AvgIpc) is 3.10. The quantitative estimate of drug-likeness (QED) is 0.531. The van der Waals surface area contributed by atoms with E-state index >= 15 is 0 Å². The number of aliphatic hydroxyl groups excluding tert-OH is 1. The highest BCUT2D eigenvalue weighted by atomic mass is 19.1. The lowest BCUT2D eigenvalue weighted by Crippen LogP contribution is -2.43. The summed E-state index contributed by atoms with van der Waals surface area (Å²) in [5, 5.41) is 11.5. The second-order valence-corrected chi connectivity index (χ2v) is 7.21. The van der Waals surface area contributed by atoms with Gasteiger partial charge in [0.2, 0.25) is 5.91 Å². The van der Waals surface area contributed by atoms with Crippen LogP contribution in [0.1, 0.15) is 19.3 Å². The summed E-state index contributed by atoms with van der Waals surface area (Å²) >= 11 is 0. The number of H-pyrrole nitrogens is 1. The standard InChI is InChI=1S/C14H8F3N.C8H14FNO2/c15-10-3-1-8(2-4-10)13-6-9-5-11(16)7-12(17)14(9)18-13;9-4-7(5-11)10-8(12)6-2-1-3-6/h1-7,18H;6-7,11H,1-5H2,(H,10,12). The van der Waals surface area contributed by atoms with Crippen molar-refractivity contribution < 1.29 is 27.5 Å². The molecule has 1 fully saturated rings. The zero-order valence-electron chi connectivity index (χ0n) is 16.1. The van der Waals surface area contributed by atoms with Gasteiger partial charge < -0.3 is 15.4 Å². The van der Waals surface area contributed by atoms with Crippen molar-refractivity contribution in [2.24, 2.45) is 5.92 Å². The van der Waals surface area contributed by atoms with Crippen LogP contribution in [0.5, 0.6) is 0 Å². The number of benzene rings is 2. The minimum Gasteiger partial charge on any atom is -0.394 e. The minimum atomic E-state index is -0.710. The first-order chi connectivity index (χ1) is 14.4. The second kappa shape index (κ2) is 9.75. The molecule has 1 amide bonds. The molecule has 4 rings (SSSR count). The van der Waals surface area contributed by atoms with Crippen LogP contribution >= 0.6 is 0 Å². The van der Waals surface area contributed by atoms with E-state index in [-0.39, 0.29) is 29.8 Å². The predicted molar refractivity (Wildman–Crippen MR) is 106 cm³/mol. The molecule has 3 N–H and O–H groups in total. The average molecular weight is 422 g/mol. The molecule has 1 saturated carbocycles. The van der Waals surface area contributed by atoms with E-state index < -0.39 is 24.4 Å². The number of halogens is 4. The van der Waals surface area contributed by atoms with Crippen molar-refractivity contribution in [1.82, 2.24) is 10.3 Å². The van der Waals surface area contributed by atoms with E-state index in [9.17, 15) is 22.4 Å². The van der Waals surface area contributed by atoms with E-state index in [4.69, 9.17) is 5.11 Å². The summed E-state index contributed by atoms with van der Waals surface area (Å²) < 4.78 is 51.4. The van der Waals surface area contributed by atoms with Crippen LogP contribution in [0.2, 0.25) is 0 Å². The van der Waals surface area contributed by atoms with Gasteiger partial charge in [0.25, 0.3) is 0 Å². The first-order valence-corrected chi connectivity index (χ1v) is 9.62. The Labute approximate surface area is 170 Å². The topological polar surface area (TPSA) is 65.1 Å². The Kier molecular flexibility index (Phi) is 7.10. The number of amides is 1. The molecule has 1 aliphatic rings. The van der Waals surface area contributed by atoms with Crippen molar-refractivity contribution in [3.05, 3.63) is 59.9 Å². The molecular weight excluding hydrogens is 400 g/mol. The summed E-state index contributed by atoms with van der Waals surface area (Å²) in [6.45, 7) is -1.02. The van der Waals surface area contributed by atoms with E-state index in [1.807, 2.05) is 0 Å². The molecular formula is C22H22F4N2O2. The lowest BCUT2D eigenvalue weighted by Gasteiger charge is -2.25. The fourth-order valence-electron chi connectivity index (χ4n) is 3.07. The number of carbonyl (C=O) groups is 1. The van der Waals surface area contributed by atoms with Crippen molar-refractivity contribution in [1.29, 1.82) is 0 Å². The number of hydrogen-bond acceptors (Lipinski definition) is 2. The van der Waals surface area contributed by atoms with E-state index in [1.54, 1.807) is 18.2 Å². The Hall–Kier alpha value is -2.87. The van der Waals surface area contributed by atoms with Crippen LogP contribution in [0, 0.1) is 23.4 Å². The van der Waals surface area contributed by atoms with Gasteiger partial charge in [-0.3, -0.25) is 4.79 Å². The molecule has 1 atom stereocenters. The highest BCUT2D eigenvalue weighted by Gasteiger charge is 2.26. The second-order valence-electron chi connectivity index (χ2n) is 7.21. The number of aromatic amines is 1. The zero-order chi connectivity index (χ0) is 21.7. The van der Waals surface area contributed by atoms with Crippen LogP contribution in [0.4, 0.5) is 17.6 Å². The molecule has 0 aliphatic heterocycles.